The number of benzene rings is 1. The molecule has 1 saturated heterocycles. The van der Waals surface area contributed by atoms with Crippen LogP contribution in [0.5, 0.6) is 0 Å². The number of nitrogens with zero attached hydrogens (tertiary/aromatic N) is 4. The number of carbonyl (C=O) groups excluding carboxylic acids is 1. The van der Waals surface area contributed by atoms with Crippen molar-refractivity contribution in [1.82, 2.24) is 19.9 Å². The number of hydrogen-bond acceptors (Lipinski definition) is 6. The summed E-state index contributed by atoms with van der Waals surface area (Å²) < 4.78 is 1.63. The first-order valence-corrected chi connectivity index (χ1v) is 8.68. The number of halogens is 2. The number of amides is 1. The Kier molecular flexibility index (Phi) is 5.09. The van der Waals surface area contributed by atoms with Crippen LogP contribution in [0.2, 0.25) is 10.0 Å². The lowest BCUT2D eigenvalue weighted by atomic mass is 10.3. The fraction of sp³-hybridized carbons (Fsp3) is 0.0714. The van der Waals surface area contributed by atoms with Crippen molar-refractivity contribution in [2.75, 3.05) is 6.54 Å². The van der Waals surface area contributed by atoms with Gasteiger partial charge in [-0.25, -0.2) is 4.68 Å². The van der Waals surface area contributed by atoms with E-state index in [0.717, 1.165) is 16.7 Å². The van der Waals surface area contributed by atoms with Crippen LogP contribution < -0.4 is 0 Å². The van der Waals surface area contributed by atoms with Gasteiger partial charge in [0.15, 0.2) is 0 Å². The van der Waals surface area contributed by atoms with Gasteiger partial charge in [0.2, 0.25) is 0 Å². The fourth-order valence-corrected chi connectivity index (χ4v) is 3.77. The molecule has 1 aliphatic heterocycles. The van der Waals surface area contributed by atoms with Crippen LogP contribution in [-0.4, -0.2) is 47.7 Å². The molecule has 0 atom stereocenters. The highest BCUT2D eigenvalue weighted by Crippen LogP contribution is 2.32. The highest BCUT2D eigenvalue weighted by molar-refractivity contribution is 8.26. The first-order valence-electron chi connectivity index (χ1n) is 6.70. The maximum Gasteiger partial charge on any atom is 0.323 e. The number of thiocarbonyl (C=S) groups is 1. The summed E-state index contributed by atoms with van der Waals surface area (Å²) in [7, 11) is 0. The molecular weight excluding hydrogens is 407 g/mol. The van der Waals surface area contributed by atoms with Crippen molar-refractivity contribution in [3.05, 3.63) is 45.0 Å². The monoisotopic (exact) mass is 414 g/mol. The predicted octanol–water partition coefficient (Wildman–Crippen LogP) is 2.86. The number of aromatic nitrogens is 3. The number of rotatable bonds is 4. The lowest BCUT2D eigenvalue weighted by Gasteiger charge is -2.09. The Morgan fingerprint density at radius 3 is 2.84 bits per heavy atom. The number of aliphatic carboxylic acids is 1. The Morgan fingerprint density at radius 1 is 1.40 bits per heavy atom. The molecule has 0 bridgehead atoms. The molecule has 1 amide bonds. The van der Waals surface area contributed by atoms with E-state index in [2.05, 4.69) is 10.3 Å². The normalized spacial score (nSPS) is 16.1. The quantitative estimate of drug-likeness (QED) is 0.607. The second-order valence-electron chi connectivity index (χ2n) is 4.85. The molecular formula is C14H8Cl2N4O3S2. The van der Waals surface area contributed by atoms with Gasteiger partial charge in [-0.1, -0.05) is 52.4 Å². The lowest BCUT2D eigenvalue weighted by molar-refractivity contribution is -0.140. The van der Waals surface area contributed by atoms with Gasteiger partial charge in [0.05, 0.1) is 21.8 Å². The molecule has 1 aliphatic rings. The van der Waals surface area contributed by atoms with Crippen LogP contribution in [0.15, 0.2) is 29.3 Å². The Hall–Kier alpha value is -1.94. The van der Waals surface area contributed by atoms with Crippen molar-refractivity contribution in [2.24, 2.45) is 0 Å². The van der Waals surface area contributed by atoms with E-state index in [1.54, 1.807) is 24.4 Å². The Balaban J connectivity index is 1.86. The van der Waals surface area contributed by atoms with E-state index < -0.39 is 18.4 Å². The number of carboxylic acids is 1. The molecule has 0 aliphatic carbocycles. The minimum absolute atomic E-state index is 0.187. The van der Waals surface area contributed by atoms with Crippen molar-refractivity contribution in [2.45, 2.75) is 0 Å². The Labute approximate surface area is 161 Å². The van der Waals surface area contributed by atoms with Crippen LogP contribution in [0.3, 0.4) is 0 Å². The number of hydrogen-bond donors (Lipinski definition) is 1. The van der Waals surface area contributed by atoms with Gasteiger partial charge in [0.25, 0.3) is 5.91 Å². The molecule has 1 fully saturated rings. The van der Waals surface area contributed by atoms with Gasteiger partial charge in [-0.2, -0.15) is 0 Å². The van der Waals surface area contributed by atoms with Gasteiger partial charge >= 0.3 is 5.97 Å². The second-order valence-corrected chi connectivity index (χ2v) is 7.36. The third-order valence-corrected chi connectivity index (χ3v) is 5.03. The van der Waals surface area contributed by atoms with Gasteiger partial charge in [-0.05, 0) is 24.3 Å². The van der Waals surface area contributed by atoms with Gasteiger partial charge in [-0.15, -0.1) is 5.10 Å². The molecule has 11 heteroatoms. The fourth-order valence-electron chi connectivity index (χ4n) is 2.03. The maximum atomic E-state index is 12.2. The van der Waals surface area contributed by atoms with Crippen LogP contribution >= 0.6 is 47.2 Å². The topological polar surface area (TPSA) is 88.3 Å². The number of carboxylic acid groups (broad SMARTS) is 1. The molecule has 1 N–H and O–H groups in total. The van der Waals surface area contributed by atoms with Gasteiger partial charge < -0.3 is 5.11 Å². The van der Waals surface area contributed by atoms with E-state index in [4.69, 9.17) is 40.5 Å². The molecule has 25 heavy (non-hydrogen) atoms. The molecule has 0 radical (unpaired) electrons. The largest absolute Gasteiger partial charge is 0.480 e. The van der Waals surface area contributed by atoms with Crippen LogP contribution in [-0.2, 0) is 9.59 Å². The van der Waals surface area contributed by atoms with Crippen molar-refractivity contribution in [3.63, 3.8) is 0 Å². The zero-order valence-corrected chi connectivity index (χ0v) is 15.4. The minimum atomic E-state index is -1.14. The summed E-state index contributed by atoms with van der Waals surface area (Å²) in [5.41, 5.74) is 0.985. The predicted molar refractivity (Wildman–Crippen MR) is 98.9 cm³/mol. The van der Waals surface area contributed by atoms with E-state index in [-0.39, 0.29) is 9.23 Å². The number of thioether (sulfide) groups is 1. The van der Waals surface area contributed by atoms with E-state index in [0.29, 0.717) is 21.4 Å². The molecule has 3 rings (SSSR count). The summed E-state index contributed by atoms with van der Waals surface area (Å²) in [4.78, 5) is 24.3. The first kappa shape index (κ1) is 17.9. The van der Waals surface area contributed by atoms with E-state index in [9.17, 15) is 9.59 Å². The van der Waals surface area contributed by atoms with Crippen molar-refractivity contribution >= 4 is 69.5 Å². The van der Waals surface area contributed by atoms with Crippen LogP contribution in [0.4, 0.5) is 0 Å². The highest BCUT2D eigenvalue weighted by Gasteiger charge is 2.33. The summed E-state index contributed by atoms with van der Waals surface area (Å²) in [6.45, 7) is -0.477. The molecule has 0 spiro atoms. The Bertz CT molecular complexity index is 929. The lowest BCUT2D eigenvalue weighted by Crippen LogP contribution is -2.33. The summed E-state index contributed by atoms with van der Waals surface area (Å²) in [6, 6.07) is 4.94. The molecule has 1 aromatic carbocycles. The smallest absolute Gasteiger partial charge is 0.323 e. The van der Waals surface area contributed by atoms with E-state index in [1.807, 2.05) is 0 Å². The minimum Gasteiger partial charge on any atom is -0.480 e. The molecule has 2 aromatic rings. The summed E-state index contributed by atoms with van der Waals surface area (Å²) >= 11 is 18.0. The highest BCUT2D eigenvalue weighted by atomic mass is 35.5. The summed E-state index contributed by atoms with van der Waals surface area (Å²) in [5, 5.41) is 17.7. The zero-order chi connectivity index (χ0) is 18.1. The third-order valence-electron chi connectivity index (χ3n) is 3.11. The van der Waals surface area contributed by atoms with E-state index >= 15 is 0 Å². The molecule has 7 nitrogen and oxygen atoms in total. The standard InChI is InChI=1S/C14H8Cl2N4O3S2/c15-7-1-2-10(9(16)3-7)20-5-8(17-18-20)4-11-13(23)19(6-12(21)22)14(24)25-11/h1-5H,6H2,(H,21,22)/b11-4-. The summed E-state index contributed by atoms with van der Waals surface area (Å²) in [6.07, 6.45) is 3.08. The average Bonchev–Trinajstić information content (AvgIpc) is 3.08. The number of carbonyl (C=O) groups is 2. The van der Waals surface area contributed by atoms with Crippen molar-refractivity contribution in [1.29, 1.82) is 0 Å². The van der Waals surface area contributed by atoms with Crippen LogP contribution in [0.25, 0.3) is 11.8 Å². The second kappa shape index (κ2) is 7.12. The third kappa shape index (κ3) is 3.84. The molecule has 2 heterocycles. The molecule has 0 unspecified atom stereocenters. The molecule has 1 aromatic heterocycles. The van der Waals surface area contributed by atoms with E-state index in [1.165, 1.54) is 10.8 Å². The Morgan fingerprint density at radius 2 is 2.16 bits per heavy atom. The van der Waals surface area contributed by atoms with Crippen molar-refractivity contribution in [3.8, 4) is 5.69 Å². The average molecular weight is 415 g/mol. The first-order chi connectivity index (χ1) is 11.8. The van der Waals surface area contributed by atoms with Gasteiger partial charge in [0.1, 0.15) is 16.6 Å². The molecule has 0 saturated carbocycles. The van der Waals surface area contributed by atoms with Crippen LogP contribution in [0.1, 0.15) is 5.69 Å². The maximum absolute atomic E-state index is 12.2. The van der Waals surface area contributed by atoms with Gasteiger partial charge in [-0.3, -0.25) is 14.5 Å². The molecule has 128 valence electrons. The van der Waals surface area contributed by atoms with Crippen molar-refractivity contribution < 1.29 is 14.7 Å². The zero-order valence-electron chi connectivity index (χ0n) is 12.2. The van der Waals surface area contributed by atoms with Crippen LogP contribution in [0, 0.1) is 0 Å². The summed E-state index contributed by atoms with van der Waals surface area (Å²) in [5.74, 6) is -1.61. The SMILES string of the molecule is O=C(O)CN1C(=O)/C(=C/c2cn(-c3ccc(Cl)cc3Cl)nn2)SC1=S. The van der Waals surface area contributed by atoms with Gasteiger partial charge in [0, 0.05) is 5.02 Å².